The lowest BCUT2D eigenvalue weighted by Crippen LogP contribution is -2.58. The molecule has 4 rings (SSSR count). The minimum Gasteiger partial charge on any atom is -0.391 e. The summed E-state index contributed by atoms with van der Waals surface area (Å²) in [7, 11) is 1.32. The van der Waals surface area contributed by atoms with Crippen LogP contribution in [0.25, 0.3) is 10.4 Å². The van der Waals surface area contributed by atoms with Crippen molar-refractivity contribution in [1.29, 1.82) is 0 Å². The van der Waals surface area contributed by atoms with Crippen LogP contribution in [0.3, 0.4) is 0 Å². The van der Waals surface area contributed by atoms with Gasteiger partial charge in [-0.1, -0.05) is 45.0 Å². The molecule has 0 saturated carbocycles. The first-order chi connectivity index (χ1) is 24.9. The third-order valence-electron chi connectivity index (χ3n) is 9.14. The third-order valence-corrected chi connectivity index (χ3v) is 11.2. The number of aliphatic hydroxyl groups is 1. The second-order valence-electron chi connectivity index (χ2n) is 14.2. The number of aliphatic hydroxyl groups excluding tert-OH is 1. The maximum atomic E-state index is 14.1. The number of likely N-dealkylation sites (N-methyl/N-ethyl adjacent to an activating group) is 1. The summed E-state index contributed by atoms with van der Waals surface area (Å²) in [6.45, 7) is 6.05. The van der Waals surface area contributed by atoms with Crippen molar-refractivity contribution in [2.24, 2.45) is 16.9 Å². The SMILES string of the molecule is Cc1ccsc1-c1ccc([C@H]2NC(=O)[C@@H]3C[C@@H](O)CN3C(=O)[C@H](C(C)(C)C)NC(=O)CSC[C@H](C(N)=O)N(C)C(=O)[C@@H](CN)NC(=O)CNC2=O)cc1. The van der Waals surface area contributed by atoms with Crippen LogP contribution >= 0.6 is 23.1 Å². The fourth-order valence-electron chi connectivity index (χ4n) is 6.14. The van der Waals surface area contributed by atoms with Crippen molar-refractivity contribution >= 4 is 64.4 Å². The maximum absolute atomic E-state index is 14.1. The average molecular weight is 773 g/mol. The van der Waals surface area contributed by atoms with E-state index in [0.717, 1.165) is 32.7 Å². The van der Waals surface area contributed by atoms with E-state index in [-0.39, 0.29) is 31.0 Å². The molecule has 0 bridgehead atoms. The molecule has 2 fully saturated rings. The van der Waals surface area contributed by atoms with Crippen molar-refractivity contribution in [3.8, 4) is 10.4 Å². The van der Waals surface area contributed by atoms with E-state index in [4.69, 9.17) is 11.5 Å². The van der Waals surface area contributed by atoms with Gasteiger partial charge in [0.05, 0.1) is 18.4 Å². The molecule has 2 aromatic rings. The van der Waals surface area contributed by atoms with Crippen molar-refractivity contribution < 1.29 is 38.7 Å². The van der Waals surface area contributed by atoms with Gasteiger partial charge < -0.3 is 47.6 Å². The molecular weight excluding hydrogens is 725 g/mol. The predicted molar refractivity (Wildman–Crippen MR) is 200 cm³/mol. The molecule has 0 radical (unpaired) electrons. The van der Waals surface area contributed by atoms with Crippen LogP contribution in [0.15, 0.2) is 35.7 Å². The second kappa shape index (κ2) is 17.5. The molecule has 6 atom stereocenters. The molecule has 2 aliphatic heterocycles. The first-order valence-electron chi connectivity index (χ1n) is 17.1. The molecule has 1 aromatic heterocycles. The van der Waals surface area contributed by atoms with Crippen LogP contribution in [0.2, 0.25) is 0 Å². The highest BCUT2D eigenvalue weighted by molar-refractivity contribution is 8.00. The van der Waals surface area contributed by atoms with E-state index >= 15 is 0 Å². The minimum atomic E-state index is -1.35. The largest absolute Gasteiger partial charge is 0.391 e. The van der Waals surface area contributed by atoms with Crippen LogP contribution in [-0.4, -0.2) is 125 Å². The fourth-order valence-corrected chi connectivity index (χ4v) is 8.07. The lowest BCUT2D eigenvalue weighted by atomic mass is 9.85. The van der Waals surface area contributed by atoms with E-state index in [0.29, 0.717) is 5.56 Å². The van der Waals surface area contributed by atoms with E-state index in [2.05, 4.69) is 21.3 Å². The molecule has 18 heteroatoms. The summed E-state index contributed by atoms with van der Waals surface area (Å²) in [6.07, 6.45) is -1.18. The normalized spacial score (nSPS) is 26.2. The zero-order valence-electron chi connectivity index (χ0n) is 30.3. The predicted octanol–water partition coefficient (Wildman–Crippen LogP) is -1.01. The van der Waals surface area contributed by atoms with Crippen LogP contribution in [0.4, 0.5) is 0 Å². The van der Waals surface area contributed by atoms with E-state index in [9.17, 15) is 38.7 Å². The van der Waals surface area contributed by atoms with Gasteiger partial charge in [0.15, 0.2) is 0 Å². The lowest BCUT2D eigenvalue weighted by Gasteiger charge is -2.35. The molecule has 2 saturated heterocycles. The van der Waals surface area contributed by atoms with Gasteiger partial charge in [-0.05, 0) is 40.5 Å². The molecular formula is C35H48N8O8S2. The monoisotopic (exact) mass is 772 g/mol. The van der Waals surface area contributed by atoms with Crippen LogP contribution in [0.1, 0.15) is 44.4 Å². The quantitative estimate of drug-likeness (QED) is 0.200. The topological polar surface area (TPSA) is 246 Å². The number of amides is 7. The molecule has 16 nitrogen and oxygen atoms in total. The number of hydrogen-bond donors (Lipinski definition) is 7. The number of carbonyl (C=O) groups is 7. The first kappa shape index (κ1) is 41.2. The van der Waals surface area contributed by atoms with Crippen LogP contribution in [0.5, 0.6) is 0 Å². The van der Waals surface area contributed by atoms with Crippen LogP contribution < -0.4 is 32.7 Å². The number of nitrogens with zero attached hydrogens (tertiary/aromatic N) is 2. The maximum Gasteiger partial charge on any atom is 0.247 e. The number of primary amides is 1. The van der Waals surface area contributed by atoms with Gasteiger partial charge in [-0.15, -0.1) is 23.1 Å². The van der Waals surface area contributed by atoms with Gasteiger partial charge in [0.1, 0.15) is 30.2 Å². The number of thioether (sulfide) groups is 1. The summed E-state index contributed by atoms with van der Waals surface area (Å²) < 4.78 is 0. The number of nitrogens with two attached hydrogens (primary N) is 2. The Labute approximate surface area is 316 Å². The Hall–Kier alpha value is -4.52. The Morgan fingerprint density at radius 3 is 2.23 bits per heavy atom. The number of rotatable bonds is 4. The highest BCUT2D eigenvalue weighted by Crippen LogP contribution is 2.31. The van der Waals surface area contributed by atoms with Gasteiger partial charge in [-0.25, -0.2) is 0 Å². The van der Waals surface area contributed by atoms with E-state index in [1.807, 2.05) is 18.4 Å². The Morgan fingerprint density at radius 1 is 0.962 bits per heavy atom. The van der Waals surface area contributed by atoms with E-state index in [1.54, 1.807) is 56.4 Å². The Balaban J connectivity index is 1.71. The fraction of sp³-hybridized carbons (Fsp3) is 0.514. The van der Waals surface area contributed by atoms with Crippen molar-refractivity contribution in [2.75, 3.05) is 38.2 Å². The number of fused-ring (bicyclic) bond motifs is 1. The summed E-state index contributed by atoms with van der Waals surface area (Å²) in [5.41, 5.74) is 12.9. The molecule has 7 amide bonds. The van der Waals surface area contributed by atoms with E-state index < -0.39 is 89.6 Å². The van der Waals surface area contributed by atoms with Crippen molar-refractivity contribution in [2.45, 2.75) is 70.4 Å². The molecule has 0 aliphatic carbocycles. The van der Waals surface area contributed by atoms with Crippen molar-refractivity contribution in [3.63, 3.8) is 0 Å². The molecule has 288 valence electrons. The van der Waals surface area contributed by atoms with Gasteiger partial charge >= 0.3 is 0 Å². The highest BCUT2D eigenvalue weighted by Gasteiger charge is 2.45. The summed E-state index contributed by atoms with van der Waals surface area (Å²) in [5, 5.41) is 23.1. The van der Waals surface area contributed by atoms with Gasteiger partial charge in [0.2, 0.25) is 41.4 Å². The molecule has 2 aliphatic rings. The average Bonchev–Trinajstić information content (AvgIpc) is 3.72. The number of benzene rings is 1. The van der Waals surface area contributed by atoms with Gasteiger partial charge in [0, 0.05) is 37.2 Å². The summed E-state index contributed by atoms with van der Waals surface area (Å²) in [5.74, 6) is -5.32. The molecule has 53 heavy (non-hydrogen) atoms. The Kier molecular flexibility index (Phi) is 13.6. The van der Waals surface area contributed by atoms with Crippen molar-refractivity contribution in [3.05, 3.63) is 46.8 Å². The van der Waals surface area contributed by atoms with Gasteiger partial charge in [0.25, 0.3) is 0 Å². The smallest absolute Gasteiger partial charge is 0.247 e. The number of carbonyl (C=O) groups excluding carboxylic acids is 7. The van der Waals surface area contributed by atoms with Gasteiger partial charge in [-0.2, -0.15) is 0 Å². The van der Waals surface area contributed by atoms with Crippen LogP contribution in [0, 0.1) is 12.3 Å². The van der Waals surface area contributed by atoms with Crippen molar-refractivity contribution in [1.82, 2.24) is 31.1 Å². The summed E-state index contributed by atoms with van der Waals surface area (Å²) in [6, 6.07) is 2.80. The number of nitrogens with one attached hydrogen (secondary N) is 4. The lowest BCUT2D eigenvalue weighted by molar-refractivity contribution is -0.144. The standard InChI is InChI=1S/C35H48N8O8S2/c1-18-10-11-53-28(18)20-8-6-19(7-9-20)27-32(49)38-14-25(45)39-22(13-36)33(50)42(5)24(30(37)47)16-52-17-26(46)40-29(35(2,3)4)34(51)43-15-21(44)12-23(43)31(48)41-27/h6-11,21-24,27,29,44H,12-17,36H2,1-5H3,(H2,37,47)(H,38,49)(H,39,45)(H,40,46)(H,41,48)/t21-,22-,23+,24-,27-,29-/m1/s1. The highest BCUT2D eigenvalue weighted by atomic mass is 32.2. The molecule has 3 heterocycles. The third kappa shape index (κ3) is 10.1. The Bertz CT molecular complexity index is 1710. The number of hydrogen-bond acceptors (Lipinski definition) is 11. The number of thiophene rings is 1. The summed E-state index contributed by atoms with van der Waals surface area (Å²) in [4.78, 5) is 97.1. The second-order valence-corrected chi connectivity index (χ2v) is 16.2. The molecule has 1 aromatic carbocycles. The van der Waals surface area contributed by atoms with Crippen LogP contribution in [-0.2, 0) is 33.6 Å². The van der Waals surface area contributed by atoms with E-state index in [1.165, 1.54) is 11.9 Å². The molecule has 0 unspecified atom stereocenters. The number of aryl methyl sites for hydroxylation is 1. The molecule has 9 N–H and O–H groups in total. The Morgan fingerprint density at radius 2 is 1.64 bits per heavy atom. The zero-order chi connectivity index (χ0) is 39.2. The minimum absolute atomic E-state index is 0.0870. The first-order valence-corrected chi connectivity index (χ1v) is 19.1. The molecule has 0 spiro atoms. The zero-order valence-corrected chi connectivity index (χ0v) is 32.0. The summed E-state index contributed by atoms with van der Waals surface area (Å²) >= 11 is 2.55. The van der Waals surface area contributed by atoms with Gasteiger partial charge in [-0.3, -0.25) is 33.6 Å².